The van der Waals surface area contributed by atoms with Gasteiger partial charge in [-0.05, 0) is 42.9 Å². The quantitative estimate of drug-likeness (QED) is 0.837. The summed E-state index contributed by atoms with van der Waals surface area (Å²) in [5.41, 5.74) is 1.63. The first-order valence-electron chi connectivity index (χ1n) is 8.85. The maximum Gasteiger partial charge on any atom is 0.272 e. The fourth-order valence-electron chi connectivity index (χ4n) is 3.18. The summed E-state index contributed by atoms with van der Waals surface area (Å²) < 4.78 is 0. The number of carbonyl (C=O) groups excluding carboxylic acids is 1. The van der Waals surface area contributed by atoms with Crippen molar-refractivity contribution in [2.24, 2.45) is 5.92 Å². The van der Waals surface area contributed by atoms with Crippen molar-refractivity contribution in [2.75, 3.05) is 31.6 Å². The van der Waals surface area contributed by atoms with E-state index < -0.39 is 0 Å². The summed E-state index contributed by atoms with van der Waals surface area (Å²) in [5, 5.41) is 0. The van der Waals surface area contributed by atoms with Crippen LogP contribution >= 0.6 is 0 Å². The van der Waals surface area contributed by atoms with Crippen LogP contribution in [0.15, 0.2) is 36.9 Å². The number of hydrogen-bond acceptors (Lipinski definition) is 5. The van der Waals surface area contributed by atoms with Gasteiger partial charge in [0, 0.05) is 45.1 Å². The highest BCUT2D eigenvalue weighted by molar-refractivity contribution is 5.92. The van der Waals surface area contributed by atoms with Crippen LogP contribution in [0.3, 0.4) is 0 Å². The van der Waals surface area contributed by atoms with Crippen LogP contribution in [-0.4, -0.2) is 52.4 Å². The monoisotopic (exact) mass is 339 g/mol. The summed E-state index contributed by atoms with van der Waals surface area (Å²) in [4.78, 5) is 29.2. The molecule has 3 rings (SSSR count). The number of carbonyl (C=O) groups is 1. The summed E-state index contributed by atoms with van der Waals surface area (Å²) >= 11 is 0. The number of nitrogens with zero attached hydrogens (tertiary/aromatic N) is 5. The maximum absolute atomic E-state index is 12.7. The Kier molecular flexibility index (Phi) is 5.58. The predicted molar refractivity (Wildman–Crippen MR) is 97.5 cm³/mol. The van der Waals surface area contributed by atoms with Crippen molar-refractivity contribution < 1.29 is 4.79 Å². The molecule has 1 aliphatic rings. The van der Waals surface area contributed by atoms with Gasteiger partial charge in [-0.2, -0.15) is 0 Å². The Hall–Kier alpha value is -2.50. The fraction of sp³-hybridized carbons (Fsp3) is 0.474. The smallest absolute Gasteiger partial charge is 0.272 e. The SMILES string of the molecule is CC1CCCN(c2cc(C(=O)N(C)CCc3ccncc3)ncn2)C1. The summed E-state index contributed by atoms with van der Waals surface area (Å²) in [5.74, 6) is 1.45. The summed E-state index contributed by atoms with van der Waals surface area (Å²) in [6.07, 6.45) is 8.26. The molecular weight excluding hydrogens is 314 g/mol. The average Bonchev–Trinajstić information content (AvgIpc) is 2.66. The predicted octanol–water partition coefficient (Wildman–Crippen LogP) is 2.42. The van der Waals surface area contributed by atoms with E-state index in [-0.39, 0.29) is 5.91 Å². The zero-order chi connectivity index (χ0) is 17.6. The van der Waals surface area contributed by atoms with Crippen molar-refractivity contribution in [1.29, 1.82) is 0 Å². The van der Waals surface area contributed by atoms with Crippen LogP contribution in [-0.2, 0) is 6.42 Å². The molecule has 6 heteroatoms. The number of hydrogen-bond donors (Lipinski definition) is 0. The minimum Gasteiger partial charge on any atom is -0.356 e. The van der Waals surface area contributed by atoms with Gasteiger partial charge in [-0.15, -0.1) is 0 Å². The van der Waals surface area contributed by atoms with Crippen LogP contribution in [0.4, 0.5) is 5.82 Å². The molecule has 2 aromatic heterocycles. The molecule has 1 amide bonds. The van der Waals surface area contributed by atoms with Gasteiger partial charge in [0.25, 0.3) is 5.91 Å². The number of likely N-dealkylation sites (N-methyl/N-ethyl adjacent to an activating group) is 1. The molecule has 0 N–H and O–H groups in total. The molecule has 0 aromatic carbocycles. The third-order valence-electron chi connectivity index (χ3n) is 4.68. The van der Waals surface area contributed by atoms with Crippen molar-refractivity contribution in [3.63, 3.8) is 0 Å². The van der Waals surface area contributed by atoms with Gasteiger partial charge >= 0.3 is 0 Å². The molecule has 2 aromatic rings. The van der Waals surface area contributed by atoms with E-state index in [9.17, 15) is 4.79 Å². The molecule has 0 bridgehead atoms. The topological polar surface area (TPSA) is 62.2 Å². The molecule has 1 atom stereocenters. The Morgan fingerprint density at radius 2 is 2.12 bits per heavy atom. The number of amides is 1. The second-order valence-electron chi connectivity index (χ2n) is 6.79. The third kappa shape index (κ3) is 4.53. The van der Waals surface area contributed by atoms with Crippen molar-refractivity contribution in [2.45, 2.75) is 26.2 Å². The minimum atomic E-state index is -0.0669. The van der Waals surface area contributed by atoms with Gasteiger partial charge in [-0.3, -0.25) is 9.78 Å². The van der Waals surface area contributed by atoms with Crippen LogP contribution in [0.5, 0.6) is 0 Å². The second kappa shape index (κ2) is 8.05. The van der Waals surface area contributed by atoms with E-state index in [1.165, 1.54) is 24.7 Å². The Balaban J connectivity index is 1.64. The first kappa shape index (κ1) is 17.3. The summed E-state index contributed by atoms with van der Waals surface area (Å²) in [6.45, 7) is 4.88. The lowest BCUT2D eigenvalue weighted by atomic mass is 10.0. The van der Waals surface area contributed by atoms with Crippen LogP contribution in [0.25, 0.3) is 0 Å². The van der Waals surface area contributed by atoms with Crippen LogP contribution in [0, 0.1) is 5.92 Å². The first-order chi connectivity index (χ1) is 12.1. The van der Waals surface area contributed by atoms with Crippen molar-refractivity contribution in [1.82, 2.24) is 19.9 Å². The molecular formula is C19H25N5O. The summed E-state index contributed by atoms with van der Waals surface area (Å²) in [7, 11) is 1.81. The highest BCUT2D eigenvalue weighted by Crippen LogP contribution is 2.21. The standard InChI is InChI=1S/C19H25N5O/c1-15-4-3-10-24(13-15)18-12-17(21-14-22-18)19(25)23(2)11-7-16-5-8-20-9-6-16/h5-6,8-9,12,14-15H,3-4,7,10-11,13H2,1-2H3. The van der Waals surface area contributed by atoms with Gasteiger partial charge in [0.2, 0.25) is 0 Å². The lowest BCUT2D eigenvalue weighted by Gasteiger charge is -2.31. The van der Waals surface area contributed by atoms with Gasteiger partial charge < -0.3 is 9.80 Å². The molecule has 1 saturated heterocycles. The number of aromatic nitrogens is 3. The molecule has 25 heavy (non-hydrogen) atoms. The number of piperidine rings is 1. The minimum absolute atomic E-state index is 0.0669. The fourth-order valence-corrected chi connectivity index (χ4v) is 3.18. The van der Waals surface area contributed by atoms with E-state index in [1.807, 2.05) is 25.2 Å². The van der Waals surface area contributed by atoms with Gasteiger partial charge in [-0.1, -0.05) is 6.92 Å². The zero-order valence-corrected chi connectivity index (χ0v) is 14.9. The normalized spacial score (nSPS) is 17.4. The summed E-state index contributed by atoms with van der Waals surface area (Å²) in [6, 6.07) is 5.76. The molecule has 0 aliphatic carbocycles. The number of rotatable bonds is 5. The molecule has 1 aliphatic heterocycles. The molecule has 132 valence electrons. The van der Waals surface area contributed by atoms with E-state index in [2.05, 4.69) is 26.8 Å². The van der Waals surface area contributed by atoms with E-state index >= 15 is 0 Å². The number of pyridine rings is 1. The lowest BCUT2D eigenvalue weighted by molar-refractivity contribution is 0.0790. The van der Waals surface area contributed by atoms with E-state index in [4.69, 9.17) is 0 Å². The molecule has 3 heterocycles. The molecule has 1 fully saturated rings. The Bertz CT molecular complexity index is 706. The van der Waals surface area contributed by atoms with Crippen molar-refractivity contribution in [3.8, 4) is 0 Å². The zero-order valence-electron chi connectivity index (χ0n) is 14.9. The Labute approximate surface area is 148 Å². The second-order valence-corrected chi connectivity index (χ2v) is 6.79. The van der Waals surface area contributed by atoms with Gasteiger partial charge in [0.05, 0.1) is 0 Å². The highest BCUT2D eigenvalue weighted by atomic mass is 16.2. The van der Waals surface area contributed by atoms with E-state index in [1.54, 1.807) is 17.3 Å². The van der Waals surface area contributed by atoms with Gasteiger partial charge in [0.15, 0.2) is 0 Å². The Morgan fingerprint density at radius 1 is 1.32 bits per heavy atom. The molecule has 6 nitrogen and oxygen atoms in total. The molecule has 1 unspecified atom stereocenters. The van der Waals surface area contributed by atoms with Crippen LogP contribution in [0.2, 0.25) is 0 Å². The van der Waals surface area contributed by atoms with E-state index in [0.29, 0.717) is 18.2 Å². The first-order valence-corrected chi connectivity index (χ1v) is 8.85. The molecule has 0 radical (unpaired) electrons. The maximum atomic E-state index is 12.7. The Morgan fingerprint density at radius 3 is 2.88 bits per heavy atom. The van der Waals surface area contributed by atoms with Crippen LogP contribution < -0.4 is 4.90 Å². The largest absolute Gasteiger partial charge is 0.356 e. The number of anilines is 1. The molecule has 0 saturated carbocycles. The van der Waals surface area contributed by atoms with Gasteiger partial charge in [-0.25, -0.2) is 9.97 Å². The van der Waals surface area contributed by atoms with Crippen molar-refractivity contribution in [3.05, 3.63) is 48.2 Å². The molecule has 0 spiro atoms. The van der Waals surface area contributed by atoms with E-state index in [0.717, 1.165) is 25.3 Å². The lowest BCUT2D eigenvalue weighted by Crippen LogP contribution is -2.35. The highest BCUT2D eigenvalue weighted by Gasteiger charge is 2.20. The van der Waals surface area contributed by atoms with Gasteiger partial charge in [0.1, 0.15) is 17.8 Å². The third-order valence-corrected chi connectivity index (χ3v) is 4.68. The average molecular weight is 339 g/mol. The van der Waals surface area contributed by atoms with Crippen molar-refractivity contribution >= 4 is 11.7 Å². The van der Waals surface area contributed by atoms with Crippen LogP contribution in [0.1, 0.15) is 35.8 Å².